The van der Waals surface area contributed by atoms with Crippen LogP contribution in [-0.4, -0.2) is 30.0 Å². The first-order valence-electron chi connectivity index (χ1n) is 2.28. The van der Waals surface area contributed by atoms with E-state index < -0.39 is 24.9 Å². The van der Waals surface area contributed by atoms with Gasteiger partial charge in [-0.1, -0.05) is 0 Å². The maximum atomic E-state index is 11.9. The summed E-state index contributed by atoms with van der Waals surface area (Å²) >= 11 is 0. The van der Waals surface area contributed by atoms with Crippen LogP contribution < -0.4 is 5.73 Å². The Balaban J connectivity index is 3.72. The Morgan fingerprint density at radius 2 is 2.22 bits per heavy atom. The highest BCUT2D eigenvalue weighted by Crippen LogP contribution is 1.96. The maximum Gasteiger partial charge on any atom is 0.323 e. The smallest absolute Gasteiger partial charge is 0.323 e. The first kappa shape index (κ1) is 8.29. The van der Waals surface area contributed by atoms with Crippen LogP contribution in [0.1, 0.15) is 0 Å². The first-order valence-corrected chi connectivity index (χ1v) is 2.28. The van der Waals surface area contributed by atoms with Crippen LogP contribution in [0.25, 0.3) is 0 Å². The molecule has 3 nitrogen and oxygen atoms in total. The van der Waals surface area contributed by atoms with E-state index in [1.165, 1.54) is 0 Å². The van der Waals surface area contributed by atoms with E-state index in [9.17, 15) is 13.6 Å². The summed E-state index contributed by atoms with van der Waals surface area (Å²) in [7, 11) is 0. The van der Waals surface area contributed by atoms with E-state index in [1.54, 1.807) is 0 Å². The van der Waals surface area contributed by atoms with E-state index in [0.29, 0.717) is 0 Å². The predicted molar refractivity (Wildman–Crippen MR) is 26.5 cm³/mol. The monoisotopic (exact) mass is 139 g/mol. The van der Waals surface area contributed by atoms with E-state index in [-0.39, 0.29) is 0 Å². The average molecular weight is 139 g/mol. The van der Waals surface area contributed by atoms with Gasteiger partial charge in [-0.2, -0.15) is 0 Å². The molecule has 0 aliphatic heterocycles. The molecular weight excluding hydrogens is 132 g/mol. The van der Waals surface area contributed by atoms with E-state index in [1.807, 2.05) is 0 Å². The summed E-state index contributed by atoms with van der Waals surface area (Å²) in [5, 5.41) is 7.95. The molecule has 0 saturated heterocycles. The molecule has 3 N–H and O–H groups in total. The summed E-state index contributed by atoms with van der Waals surface area (Å²) in [6, 6.07) is -1.74. The van der Waals surface area contributed by atoms with Gasteiger partial charge in [-0.05, 0) is 0 Å². The molecule has 0 amide bonds. The number of carboxylic acid groups (broad SMARTS) is 1. The lowest BCUT2D eigenvalue weighted by molar-refractivity contribution is -0.140. The van der Waals surface area contributed by atoms with Crippen molar-refractivity contribution in [2.75, 3.05) is 6.67 Å². The molecule has 0 aliphatic carbocycles. The normalized spacial score (nSPS) is 16.8. The van der Waals surface area contributed by atoms with Gasteiger partial charge in [0, 0.05) is 0 Å². The Hall–Kier alpha value is -0.710. The first-order chi connectivity index (χ1) is 4.09. The lowest BCUT2D eigenvalue weighted by atomic mass is 10.2. The predicted octanol–water partition coefficient (Wildman–Crippen LogP) is -0.294. The van der Waals surface area contributed by atoms with Gasteiger partial charge in [-0.25, -0.2) is 8.78 Å². The number of hydrogen-bond donors (Lipinski definition) is 2. The van der Waals surface area contributed by atoms with Crippen molar-refractivity contribution in [1.29, 1.82) is 0 Å². The second-order valence-corrected chi connectivity index (χ2v) is 1.53. The Labute approximate surface area is 50.5 Å². The molecule has 0 aromatic rings. The van der Waals surface area contributed by atoms with Crippen molar-refractivity contribution < 1.29 is 18.7 Å². The fourth-order valence-corrected chi connectivity index (χ4v) is 0.251. The molecule has 2 atom stereocenters. The minimum absolute atomic E-state index is 1.35. The molecule has 2 unspecified atom stereocenters. The van der Waals surface area contributed by atoms with Crippen molar-refractivity contribution in [3.8, 4) is 0 Å². The highest BCUT2D eigenvalue weighted by atomic mass is 19.2. The number of halogens is 2. The van der Waals surface area contributed by atoms with Crippen LogP contribution in [0.4, 0.5) is 8.78 Å². The van der Waals surface area contributed by atoms with Gasteiger partial charge in [0.15, 0.2) is 6.17 Å². The van der Waals surface area contributed by atoms with Crippen molar-refractivity contribution in [2.24, 2.45) is 5.73 Å². The molecule has 0 saturated carbocycles. The molecule has 0 heterocycles. The lowest BCUT2D eigenvalue weighted by Crippen LogP contribution is -2.40. The van der Waals surface area contributed by atoms with Crippen LogP contribution in [0.15, 0.2) is 0 Å². The number of hydrogen-bond acceptors (Lipinski definition) is 2. The molecule has 5 heteroatoms. The SMILES string of the molecule is NC(C(=O)O)C(F)CF. The van der Waals surface area contributed by atoms with Gasteiger partial charge < -0.3 is 10.8 Å². The Morgan fingerprint density at radius 1 is 1.78 bits per heavy atom. The number of carboxylic acids is 1. The van der Waals surface area contributed by atoms with Crippen LogP contribution in [0.2, 0.25) is 0 Å². The molecule has 0 bridgehead atoms. The van der Waals surface area contributed by atoms with Crippen molar-refractivity contribution in [3.63, 3.8) is 0 Å². The second kappa shape index (κ2) is 3.34. The van der Waals surface area contributed by atoms with Gasteiger partial charge in [0.2, 0.25) is 0 Å². The summed E-state index contributed by atoms with van der Waals surface area (Å²) in [6.45, 7) is -1.35. The topological polar surface area (TPSA) is 63.3 Å². The molecule has 0 fully saturated rings. The Bertz CT molecular complexity index is 109. The molecule has 0 aromatic heterocycles. The summed E-state index contributed by atoms with van der Waals surface area (Å²) in [5.74, 6) is -1.53. The fraction of sp³-hybridized carbons (Fsp3) is 0.750. The average Bonchev–Trinajstić information content (AvgIpc) is 1.84. The highest BCUT2D eigenvalue weighted by molar-refractivity contribution is 5.73. The molecule has 9 heavy (non-hydrogen) atoms. The number of rotatable bonds is 3. The number of aliphatic carboxylic acids is 1. The third kappa shape index (κ3) is 2.36. The summed E-state index contributed by atoms with van der Waals surface area (Å²) in [6.07, 6.45) is -2.09. The molecule has 0 aromatic carbocycles. The second-order valence-electron chi connectivity index (χ2n) is 1.53. The zero-order valence-electron chi connectivity index (χ0n) is 4.55. The molecule has 0 spiro atoms. The summed E-state index contributed by atoms with van der Waals surface area (Å²) < 4.78 is 23.2. The van der Waals surface area contributed by atoms with Gasteiger partial charge in [0.25, 0.3) is 0 Å². The zero-order valence-corrected chi connectivity index (χ0v) is 4.55. The third-order valence-corrected chi connectivity index (χ3v) is 0.822. The van der Waals surface area contributed by atoms with Crippen LogP contribution in [0.5, 0.6) is 0 Å². The number of alkyl halides is 2. The third-order valence-electron chi connectivity index (χ3n) is 0.822. The Kier molecular flexibility index (Phi) is 3.08. The Morgan fingerprint density at radius 3 is 2.33 bits per heavy atom. The van der Waals surface area contributed by atoms with Crippen molar-refractivity contribution >= 4 is 5.97 Å². The van der Waals surface area contributed by atoms with Gasteiger partial charge in [-0.3, -0.25) is 4.79 Å². The van der Waals surface area contributed by atoms with E-state index >= 15 is 0 Å². The maximum absolute atomic E-state index is 11.9. The molecule has 0 rings (SSSR count). The molecule has 0 aliphatic rings. The van der Waals surface area contributed by atoms with Gasteiger partial charge >= 0.3 is 5.97 Å². The van der Waals surface area contributed by atoms with E-state index in [4.69, 9.17) is 5.11 Å². The fourth-order valence-electron chi connectivity index (χ4n) is 0.251. The van der Waals surface area contributed by atoms with Crippen molar-refractivity contribution in [2.45, 2.75) is 12.2 Å². The molecule has 54 valence electrons. The number of carbonyl (C=O) groups is 1. The van der Waals surface area contributed by atoms with Crippen LogP contribution in [0, 0.1) is 0 Å². The van der Waals surface area contributed by atoms with Gasteiger partial charge in [0.05, 0.1) is 0 Å². The standard InChI is InChI=1S/C4H7F2NO2/c5-1-2(6)3(7)4(8)9/h2-3H,1,7H2,(H,8,9). The minimum atomic E-state index is -2.09. The number of nitrogens with two attached hydrogens (primary N) is 1. The summed E-state index contributed by atoms with van der Waals surface area (Å²) in [4.78, 5) is 9.77. The lowest BCUT2D eigenvalue weighted by Gasteiger charge is -2.06. The zero-order chi connectivity index (χ0) is 7.44. The van der Waals surface area contributed by atoms with Gasteiger partial charge in [-0.15, -0.1) is 0 Å². The van der Waals surface area contributed by atoms with E-state index in [0.717, 1.165) is 0 Å². The minimum Gasteiger partial charge on any atom is -0.480 e. The molecule has 0 radical (unpaired) electrons. The quantitative estimate of drug-likeness (QED) is 0.564. The van der Waals surface area contributed by atoms with Crippen LogP contribution >= 0.6 is 0 Å². The van der Waals surface area contributed by atoms with Crippen molar-refractivity contribution in [3.05, 3.63) is 0 Å². The summed E-state index contributed by atoms with van der Waals surface area (Å²) in [5.41, 5.74) is 4.66. The van der Waals surface area contributed by atoms with Crippen LogP contribution in [0.3, 0.4) is 0 Å². The largest absolute Gasteiger partial charge is 0.480 e. The molecular formula is C4H7F2NO2. The highest BCUT2D eigenvalue weighted by Gasteiger charge is 2.22. The van der Waals surface area contributed by atoms with Crippen molar-refractivity contribution in [1.82, 2.24) is 0 Å². The van der Waals surface area contributed by atoms with Crippen LogP contribution in [-0.2, 0) is 4.79 Å². The van der Waals surface area contributed by atoms with Gasteiger partial charge in [0.1, 0.15) is 12.7 Å². The van der Waals surface area contributed by atoms with E-state index in [2.05, 4.69) is 5.73 Å².